The molecule has 0 radical (unpaired) electrons. The summed E-state index contributed by atoms with van der Waals surface area (Å²) in [7, 11) is 0. The summed E-state index contributed by atoms with van der Waals surface area (Å²) in [4.78, 5) is 12.4. The van der Waals surface area contributed by atoms with Crippen molar-refractivity contribution >= 4 is 62.7 Å². The summed E-state index contributed by atoms with van der Waals surface area (Å²) in [6.45, 7) is 0. The molecule has 0 saturated carbocycles. The van der Waals surface area contributed by atoms with E-state index in [-0.39, 0.29) is 0 Å². The predicted molar refractivity (Wildman–Crippen MR) is 91.6 cm³/mol. The summed E-state index contributed by atoms with van der Waals surface area (Å²) in [6.07, 6.45) is 3.09. The average Bonchev–Trinajstić information content (AvgIpc) is 3.01. The minimum absolute atomic E-state index is 0.355. The number of nitrogen functional groups attached to an aromatic ring is 1. The maximum atomic E-state index is 6.15. The van der Waals surface area contributed by atoms with Crippen LogP contribution in [0.1, 0.15) is 0 Å². The molecule has 112 valence electrons. The van der Waals surface area contributed by atoms with Crippen LogP contribution in [0.3, 0.4) is 0 Å². The van der Waals surface area contributed by atoms with E-state index in [2.05, 4.69) is 25.6 Å². The fourth-order valence-corrected chi connectivity index (χ4v) is 2.58. The third-order valence-corrected chi connectivity index (χ3v) is 4.25. The molecule has 3 rings (SSSR count). The predicted octanol–water partition coefficient (Wildman–Crippen LogP) is 4.31. The Morgan fingerprint density at radius 3 is 2.55 bits per heavy atom. The zero-order valence-corrected chi connectivity index (χ0v) is 13.4. The molecule has 0 fully saturated rings. The maximum absolute atomic E-state index is 6.15. The normalized spacial score (nSPS) is 10.5. The number of halogens is 2. The second-order valence-corrected chi connectivity index (χ2v) is 5.85. The summed E-state index contributed by atoms with van der Waals surface area (Å²) < 4.78 is 0. The van der Waals surface area contributed by atoms with E-state index >= 15 is 0 Å². The molecule has 6 nitrogen and oxygen atoms in total. The fourth-order valence-electron chi connectivity index (χ4n) is 1.71. The highest BCUT2D eigenvalue weighted by Crippen LogP contribution is 2.34. The van der Waals surface area contributed by atoms with Crippen molar-refractivity contribution in [3.8, 4) is 0 Å². The lowest BCUT2D eigenvalue weighted by Crippen LogP contribution is -2.05. The molecule has 0 aliphatic rings. The molecular weight excluding hydrogens is 343 g/mol. The molecule has 2 heterocycles. The molecular formula is C13H10Cl2N6S. The number of hydrogen-bond acceptors (Lipinski definition) is 7. The number of rotatable bonds is 4. The Balaban J connectivity index is 1.90. The standard InChI is InChI=1S/C13H10Cl2N6S/c14-7-2-1-3-8(9(7)15)20-11-10(16)12(19-6-18-11)21-13-17-4-5-22-13/h1-6H,16H2,(H2,17,18,19,20,21). The van der Waals surface area contributed by atoms with Crippen molar-refractivity contribution in [2.75, 3.05) is 16.4 Å². The molecule has 4 N–H and O–H groups in total. The Morgan fingerprint density at radius 2 is 1.82 bits per heavy atom. The largest absolute Gasteiger partial charge is 0.393 e. The third kappa shape index (κ3) is 3.06. The van der Waals surface area contributed by atoms with Crippen LogP contribution in [-0.4, -0.2) is 15.0 Å². The van der Waals surface area contributed by atoms with Gasteiger partial charge in [-0.05, 0) is 12.1 Å². The van der Waals surface area contributed by atoms with Crippen LogP contribution in [-0.2, 0) is 0 Å². The first-order valence-corrected chi connectivity index (χ1v) is 7.76. The summed E-state index contributed by atoms with van der Waals surface area (Å²) in [5, 5.41) is 9.48. The van der Waals surface area contributed by atoms with Gasteiger partial charge in [-0.25, -0.2) is 15.0 Å². The average molecular weight is 353 g/mol. The van der Waals surface area contributed by atoms with Crippen molar-refractivity contribution in [1.82, 2.24) is 15.0 Å². The van der Waals surface area contributed by atoms with Gasteiger partial charge in [0.25, 0.3) is 0 Å². The van der Waals surface area contributed by atoms with Gasteiger partial charge < -0.3 is 16.4 Å². The minimum Gasteiger partial charge on any atom is -0.393 e. The second kappa shape index (κ2) is 6.35. The smallest absolute Gasteiger partial charge is 0.188 e. The molecule has 9 heteroatoms. The number of nitrogens with zero attached hydrogens (tertiary/aromatic N) is 3. The van der Waals surface area contributed by atoms with Crippen molar-refractivity contribution in [2.45, 2.75) is 0 Å². The number of nitrogens with two attached hydrogens (primary N) is 1. The van der Waals surface area contributed by atoms with Crippen LogP contribution >= 0.6 is 34.5 Å². The quantitative estimate of drug-likeness (QED) is 0.648. The number of benzene rings is 1. The maximum Gasteiger partial charge on any atom is 0.188 e. The Hall–Kier alpha value is -2.09. The van der Waals surface area contributed by atoms with E-state index in [0.29, 0.717) is 38.2 Å². The van der Waals surface area contributed by atoms with Gasteiger partial charge in [0.2, 0.25) is 0 Å². The van der Waals surface area contributed by atoms with Gasteiger partial charge in [0.05, 0.1) is 15.7 Å². The first-order valence-electron chi connectivity index (χ1n) is 6.13. The van der Waals surface area contributed by atoms with Crippen LogP contribution in [0.5, 0.6) is 0 Å². The monoisotopic (exact) mass is 352 g/mol. The topological polar surface area (TPSA) is 88.8 Å². The molecule has 0 saturated heterocycles. The number of aromatic nitrogens is 3. The summed E-state index contributed by atoms with van der Waals surface area (Å²) in [5.74, 6) is 0.892. The van der Waals surface area contributed by atoms with Gasteiger partial charge in [-0.15, -0.1) is 11.3 Å². The molecule has 2 aromatic heterocycles. The van der Waals surface area contributed by atoms with Crippen molar-refractivity contribution < 1.29 is 0 Å². The number of nitrogens with one attached hydrogen (secondary N) is 2. The van der Waals surface area contributed by atoms with Gasteiger partial charge in [-0.1, -0.05) is 29.3 Å². The SMILES string of the molecule is Nc1c(Nc2nccs2)ncnc1Nc1cccc(Cl)c1Cl. The number of anilines is 5. The highest BCUT2D eigenvalue weighted by atomic mass is 35.5. The van der Waals surface area contributed by atoms with E-state index < -0.39 is 0 Å². The lowest BCUT2D eigenvalue weighted by atomic mass is 10.3. The van der Waals surface area contributed by atoms with Crippen LogP contribution in [0.2, 0.25) is 10.0 Å². The van der Waals surface area contributed by atoms with Gasteiger partial charge in [0.15, 0.2) is 16.8 Å². The summed E-state index contributed by atoms with van der Waals surface area (Å²) in [6, 6.07) is 5.26. The van der Waals surface area contributed by atoms with Crippen molar-refractivity contribution in [3.63, 3.8) is 0 Å². The van der Waals surface area contributed by atoms with E-state index in [4.69, 9.17) is 28.9 Å². The van der Waals surface area contributed by atoms with Crippen molar-refractivity contribution in [3.05, 3.63) is 46.1 Å². The van der Waals surface area contributed by atoms with Crippen LogP contribution < -0.4 is 16.4 Å². The van der Waals surface area contributed by atoms with Crippen LogP contribution in [0.15, 0.2) is 36.1 Å². The Labute approximate surface area is 140 Å². The van der Waals surface area contributed by atoms with E-state index in [1.807, 2.05) is 5.38 Å². The summed E-state index contributed by atoms with van der Waals surface area (Å²) in [5.41, 5.74) is 7.05. The Kier molecular flexibility index (Phi) is 4.28. The molecule has 3 aromatic rings. The lowest BCUT2D eigenvalue weighted by molar-refractivity contribution is 1.17. The molecule has 1 aromatic carbocycles. The van der Waals surface area contributed by atoms with E-state index in [9.17, 15) is 0 Å². The molecule has 0 spiro atoms. The molecule has 22 heavy (non-hydrogen) atoms. The van der Waals surface area contributed by atoms with Gasteiger partial charge in [-0.2, -0.15) is 0 Å². The molecule has 0 amide bonds. The molecule has 0 aliphatic carbocycles. The molecule has 0 bridgehead atoms. The fraction of sp³-hybridized carbons (Fsp3) is 0. The van der Waals surface area contributed by atoms with Crippen LogP contribution in [0.4, 0.5) is 28.1 Å². The number of hydrogen-bond donors (Lipinski definition) is 3. The van der Waals surface area contributed by atoms with Gasteiger partial charge >= 0.3 is 0 Å². The molecule has 0 atom stereocenters. The van der Waals surface area contributed by atoms with Crippen molar-refractivity contribution in [2.24, 2.45) is 0 Å². The Bertz CT molecular complexity index is 793. The van der Waals surface area contributed by atoms with Crippen LogP contribution in [0, 0.1) is 0 Å². The van der Waals surface area contributed by atoms with Crippen molar-refractivity contribution in [1.29, 1.82) is 0 Å². The van der Waals surface area contributed by atoms with E-state index in [1.165, 1.54) is 17.7 Å². The molecule has 0 aliphatic heterocycles. The highest BCUT2D eigenvalue weighted by Gasteiger charge is 2.11. The summed E-state index contributed by atoms with van der Waals surface area (Å²) >= 11 is 13.6. The van der Waals surface area contributed by atoms with Gasteiger partial charge in [0.1, 0.15) is 12.0 Å². The zero-order chi connectivity index (χ0) is 15.5. The first-order chi connectivity index (χ1) is 10.6. The van der Waals surface area contributed by atoms with E-state index in [1.54, 1.807) is 24.4 Å². The van der Waals surface area contributed by atoms with Crippen LogP contribution in [0.25, 0.3) is 0 Å². The van der Waals surface area contributed by atoms with E-state index in [0.717, 1.165) is 0 Å². The third-order valence-electron chi connectivity index (χ3n) is 2.75. The second-order valence-electron chi connectivity index (χ2n) is 4.17. The Morgan fingerprint density at radius 1 is 1.05 bits per heavy atom. The first kappa shape index (κ1) is 14.8. The molecule has 0 unspecified atom stereocenters. The van der Waals surface area contributed by atoms with Gasteiger partial charge in [-0.3, -0.25) is 0 Å². The highest BCUT2D eigenvalue weighted by molar-refractivity contribution is 7.13. The van der Waals surface area contributed by atoms with Gasteiger partial charge in [0, 0.05) is 11.6 Å². The lowest BCUT2D eigenvalue weighted by Gasteiger charge is -2.12. The zero-order valence-electron chi connectivity index (χ0n) is 11.0. The number of thiazole rings is 1. The minimum atomic E-state index is 0.355.